The zero-order chi connectivity index (χ0) is 56.7. The van der Waals surface area contributed by atoms with Gasteiger partial charge in [0.15, 0.2) is 11.4 Å². The molecule has 13 rings (SSSR count). The molecule has 81 heavy (non-hydrogen) atoms. The molecule has 416 valence electrons. The summed E-state index contributed by atoms with van der Waals surface area (Å²) in [7, 11) is 0. The number of hydrogen-bond acceptors (Lipinski definition) is 16. The van der Waals surface area contributed by atoms with Gasteiger partial charge in [-0.25, -0.2) is 32.1 Å². The quantitative estimate of drug-likeness (QED) is 0.0660. The highest BCUT2D eigenvalue weighted by molar-refractivity contribution is 7.23. The van der Waals surface area contributed by atoms with Crippen LogP contribution in [0.3, 0.4) is 0 Å². The number of carbonyl (C=O) groups is 3. The Kier molecular flexibility index (Phi) is 12.4. The van der Waals surface area contributed by atoms with Crippen molar-refractivity contribution in [3.05, 3.63) is 110 Å². The molecule has 4 fully saturated rings. The van der Waals surface area contributed by atoms with E-state index in [4.69, 9.17) is 36.5 Å². The number of anilines is 3. The zero-order valence-electron chi connectivity index (χ0n) is 43.5. The average Bonchev–Trinajstić information content (AvgIpc) is 4.18. The predicted molar refractivity (Wildman–Crippen MR) is 292 cm³/mol. The summed E-state index contributed by atoms with van der Waals surface area (Å²) in [6, 6.07) is 10.7. The van der Waals surface area contributed by atoms with Gasteiger partial charge >= 0.3 is 18.1 Å². The van der Waals surface area contributed by atoms with E-state index >= 15 is 13.2 Å². The first kappa shape index (κ1) is 52.5. The normalized spacial score (nSPS) is 23.0. The number of aromatic nitrogens is 4. The standard InChI is InChI=1S/C57H49ClF4N10O8S/c1-4-57(77)36-15-42-46-28(19-71(42)52(74)35(36)23-78-53(57)75)12-27-13-41(39(61)16-40(27)65-46)66-55(76)80-26(3)25(2)51(73)72-30-6-7-31(72)22-69(21-30)50-33-14-37(58)44(32-8-9-38(60)48-43(32)34(18-63)49(64)81-48)45(62)47(33)67-54(68-50)79-24-56-10-5-11-70(56)20-29(59)17-56/h8-9,12-16,26,29-31,77H,2,4-7,10-11,17,19-24,64H2,1,3H3,(H,66,76)/t26-,29-,30?,31?,56+,57+/m1/s1. The number of aliphatic hydroxyl groups is 1. The number of ether oxygens (including phenoxy) is 3. The molecule has 6 atom stereocenters. The molecule has 24 heteroatoms. The van der Waals surface area contributed by atoms with Crippen molar-refractivity contribution in [1.29, 1.82) is 5.26 Å². The Hall–Kier alpha value is -7.91. The van der Waals surface area contributed by atoms with Gasteiger partial charge in [-0.1, -0.05) is 31.2 Å². The molecule has 10 heterocycles. The van der Waals surface area contributed by atoms with Crippen LogP contribution in [0.25, 0.3) is 54.4 Å². The van der Waals surface area contributed by atoms with E-state index in [0.29, 0.717) is 48.1 Å². The third kappa shape index (κ3) is 8.18. The molecule has 18 nitrogen and oxygen atoms in total. The smallest absolute Gasteiger partial charge is 0.412 e. The molecular formula is C57H49ClF4N10O8S. The van der Waals surface area contributed by atoms with Crippen LogP contribution in [0, 0.1) is 28.8 Å². The number of nitriles is 1. The third-order valence-electron chi connectivity index (χ3n) is 17.2. The summed E-state index contributed by atoms with van der Waals surface area (Å²) >= 11 is 7.86. The van der Waals surface area contributed by atoms with E-state index in [2.05, 4.69) is 26.8 Å². The number of nitrogen functional groups attached to an aromatic ring is 1. The van der Waals surface area contributed by atoms with E-state index < -0.39 is 76.5 Å². The first-order chi connectivity index (χ1) is 38.8. The van der Waals surface area contributed by atoms with Crippen molar-refractivity contribution in [2.45, 2.75) is 101 Å². The number of cyclic esters (lactones) is 1. The van der Waals surface area contributed by atoms with Gasteiger partial charge in [-0.15, -0.1) is 11.3 Å². The van der Waals surface area contributed by atoms with Crippen LogP contribution in [0.5, 0.6) is 6.01 Å². The number of rotatable bonds is 10. The highest BCUT2D eigenvalue weighted by Gasteiger charge is 2.50. The van der Waals surface area contributed by atoms with Crippen LogP contribution in [0.2, 0.25) is 5.02 Å². The number of thiophene rings is 1. The van der Waals surface area contributed by atoms with Gasteiger partial charge in [0, 0.05) is 65.0 Å². The summed E-state index contributed by atoms with van der Waals surface area (Å²) in [5.41, 5.74) is 4.37. The summed E-state index contributed by atoms with van der Waals surface area (Å²) < 4.78 is 82.0. The minimum absolute atomic E-state index is 0.0244. The SMILES string of the molecule is C=C(C(=O)N1C2CCC1CN(c1nc(OC[C@@]34CCCN3C[C@H](F)C4)nc3c(F)c(-c4ccc(F)c5sc(N)c(C#N)c45)c(Cl)cc13)C2)[C@@H](C)OC(=O)Nc1cc2cc3c(nc2cc1F)-c1cc2c(c(=O)n1C3)COC(=O)[C@]2(O)CC. The number of benzene rings is 3. The lowest BCUT2D eigenvalue weighted by Crippen LogP contribution is -2.57. The maximum atomic E-state index is 17.5. The van der Waals surface area contributed by atoms with E-state index in [1.165, 1.54) is 29.7 Å². The number of amides is 2. The van der Waals surface area contributed by atoms with E-state index in [1.807, 2.05) is 11.0 Å². The van der Waals surface area contributed by atoms with Crippen LogP contribution < -0.4 is 26.2 Å². The fourth-order valence-corrected chi connectivity index (χ4v) is 14.3. The number of nitrogens with zero attached hydrogens (tertiary/aromatic N) is 8. The van der Waals surface area contributed by atoms with E-state index in [1.54, 1.807) is 24.0 Å². The lowest BCUT2D eigenvalue weighted by molar-refractivity contribution is -0.172. The van der Waals surface area contributed by atoms with Gasteiger partial charge in [0.1, 0.15) is 59.5 Å². The minimum Gasteiger partial charge on any atom is -0.461 e. The summed E-state index contributed by atoms with van der Waals surface area (Å²) in [5.74, 6) is -3.47. The fraction of sp³-hybridized carbons (Fsp3) is 0.368. The second-order valence-corrected chi connectivity index (χ2v) is 23.2. The number of hydrogen-bond donors (Lipinski definition) is 3. The van der Waals surface area contributed by atoms with Crippen LogP contribution in [-0.2, 0) is 37.8 Å². The highest BCUT2D eigenvalue weighted by atomic mass is 35.5. The maximum absolute atomic E-state index is 17.5. The number of piperazine rings is 1. The maximum Gasteiger partial charge on any atom is 0.412 e. The van der Waals surface area contributed by atoms with Crippen LogP contribution >= 0.6 is 22.9 Å². The van der Waals surface area contributed by atoms with Crippen molar-refractivity contribution >= 4 is 89.3 Å². The number of fused-ring (bicyclic) bond motifs is 10. The van der Waals surface area contributed by atoms with Gasteiger partial charge in [0.2, 0.25) is 0 Å². The van der Waals surface area contributed by atoms with Gasteiger partial charge in [-0.3, -0.25) is 19.8 Å². The molecule has 0 radical (unpaired) electrons. The van der Waals surface area contributed by atoms with Crippen molar-refractivity contribution in [3.8, 4) is 34.6 Å². The Morgan fingerprint density at radius 2 is 1.86 bits per heavy atom. The van der Waals surface area contributed by atoms with Crippen molar-refractivity contribution < 1.29 is 51.3 Å². The molecule has 6 aliphatic rings. The average molecular weight is 1150 g/mol. The second-order valence-electron chi connectivity index (χ2n) is 21.7. The Morgan fingerprint density at radius 1 is 1.09 bits per heavy atom. The lowest BCUT2D eigenvalue weighted by Gasteiger charge is -2.42. The molecule has 0 saturated carbocycles. The first-order valence-electron chi connectivity index (χ1n) is 26.5. The molecule has 7 aromatic rings. The molecular weight excluding hydrogens is 1100 g/mol. The van der Waals surface area contributed by atoms with Crippen LogP contribution in [0.1, 0.15) is 74.6 Å². The molecule has 4 N–H and O–H groups in total. The molecule has 2 unspecified atom stereocenters. The number of nitrogens with one attached hydrogen (secondary N) is 1. The Labute approximate surface area is 467 Å². The molecule has 4 aromatic heterocycles. The van der Waals surface area contributed by atoms with E-state index in [0.717, 1.165) is 29.9 Å². The molecule has 0 spiro atoms. The molecule has 0 aliphatic carbocycles. The predicted octanol–water partition coefficient (Wildman–Crippen LogP) is 8.76. The number of alkyl halides is 1. The first-order valence-corrected chi connectivity index (χ1v) is 27.7. The van der Waals surface area contributed by atoms with Gasteiger partial charge in [-0.05, 0) is 81.5 Å². The largest absolute Gasteiger partial charge is 0.461 e. The Balaban J connectivity index is 0.739. The van der Waals surface area contributed by atoms with Crippen molar-refractivity contribution in [2.75, 3.05) is 48.7 Å². The van der Waals surface area contributed by atoms with Crippen molar-refractivity contribution in [2.24, 2.45) is 0 Å². The summed E-state index contributed by atoms with van der Waals surface area (Å²) in [4.78, 5) is 73.9. The number of carbonyl (C=O) groups excluding carboxylic acids is 3. The molecule has 4 saturated heterocycles. The fourth-order valence-electron chi connectivity index (χ4n) is 13.1. The summed E-state index contributed by atoms with van der Waals surface area (Å²) in [6.07, 6.45) is -0.385. The van der Waals surface area contributed by atoms with Crippen LogP contribution in [0.15, 0.2) is 59.4 Å². The second kappa shape index (κ2) is 19.1. The Bertz CT molecular complexity index is 4070. The van der Waals surface area contributed by atoms with Gasteiger partial charge in [0.05, 0.1) is 73.2 Å². The molecule has 6 aliphatic heterocycles. The van der Waals surface area contributed by atoms with E-state index in [9.17, 15) is 33.9 Å². The molecule has 2 bridgehead atoms. The summed E-state index contributed by atoms with van der Waals surface area (Å²) in [6.45, 7) is 8.34. The zero-order valence-corrected chi connectivity index (χ0v) is 45.1. The topological polar surface area (TPSA) is 231 Å². The Morgan fingerprint density at radius 3 is 2.62 bits per heavy atom. The van der Waals surface area contributed by atoms with Crippen LogP contribution in [-0.4, -0.2) is 115 Å². The highest BCUT2D eigenvalue weighted by Crippen LogP contribution is 2.48. The minimum atomic E-state index is -2.02. The van der Waals surface area contributed by atoms with Gasteiger partial charge in [-0.2, -0.15) is 15.2 Å². The van der Waals surface area contributed by atoms with Crippen molar-refractivity contribution in [1.82, 2.24) is 29.3 Å². The third-order valence-corrected chi connectivity index (χ3v) is 18.5. The van der Waals surface area contributed by atoms with Gasteiger partial charge in [0.25, 0.3) is 11.5 Å². The summed E-state index contributed by atoms with van der Waals surface area (Å²) in [5, 5.41) is 24.4. The lowest BCUT2D eigenvalue weighted by atomic mass is 9.86. The van der Waals surface area contributed by atoms with Crippen molar-refractivity contribution in [3.63, 3.8) is 0 Å². The number of halogens is 5. The van der Waals surface area contributed by atoms with Crippen LogP contribution in [0.4, 0.5) is 38.9 Å². The molecule has 2 amide bonds. The number of esters is 1. The monoisotopic (exact) mass is 1140 g/mol. The van der Waals surface area contributed by atoms with Gasteiger partial charge < -0.3 is 39.4 Å². The number of pyridine rings is 2. The molecule has 3 aromatic carbocycles. The number of nitrogens with two attached hydrogens (primary N) is 1. The van der Waals surface area contributed by atoms with E-state index in [-0.39, 0.29) is 140 Å².